The summed E-state index contributed by atoms with van der Waals surface area (Å²) in [4.78, 5) is 40.3. The number of hydrogen-bond acceptors (Lipinski definition) is 8. The second-order valence-electron chi connectivity index (χ2n) is 9.82. The van der Waals surface area contributed by atoms with Crippen LogP contribution in [0.1, 0.15) is 40.1 Å². The third kappa shape index (κ3) is 6.15. The van der Waals surface area contributed by atoms with Crippen LogP contribution in [0.4, 0.5) is 18.0 Å². The van der Waals surface area contributed by atoms with E-state index in [0.29, 0.717) is 10.7 Å². The fourth-order valence-electron chi connectivity index (χ4n) is 5.03. The number of benzene rings is 2. The molecule has 2 amide bonds. The van der Waals surface area contributed by atoms with Crippen molar-refractivity contribution in [2.45, 2.75) is 35.8 Å². The van der Waals surface area contributed by atoms with Crippen LogP contribution in [-0.2, 0) is 15.2 Å². The van der Waals surface area contributed by atoms with Gasteiger partial charge in [-0.3, -0.25) is 19.3 Å². The molecule has 5 rings (SSSR count). The highest BCUT2D eigenvalue weighted by atomic mass is 32.2. The average molecular weight is 619 g/mol. The van der Waals surface area contributed by atoms with Gasteiger partial charge in [0.15, 0.2) is 5.69 Å². The smallest absolute Gasteiger partial charge is 0.410 e. The van der Waals surface area contributed by atoms with Crippen LogP contribution < -0.4 is 20.5 Å². The molecule has 14 heteroatoms. The van der Waals surface area contributed by atoms with Crippen LogP contribution in [0.25, 0.3) is 0 Å². The van der Waals surface area contributed by atoms with E-state index >= 15 is 0 Å². The van der Waals surface area contributed by atoms with Crippen molar-refractivity contribution in [2.75, 3.05) is 38.7 Å². The molecule has 1 aromatic heterocycles. The molecule has 10 nitrogen and oxygen atoms in total. The molecular formula is C29H29F3N4O6S. The lowest BCUT2D eigenvalue weighted by Crippen LogP contribution is -2.60. The predicted octanol–water partition coefficient (Wildman–Crippen LogP) is 4.25. The van der Waals surface area contributed by atoms with Gasteiger partial charge in [0.25, 0.3) is 5.91 Å². The highest BCUT2D eigenvalue weighted by Crippen LogP contribution is 2.43. The van der Waals surface area contributed by atoms with Crippen LogP contribution in [0.5, 0.6) is 5.75 Å². The predicted molar refractivity (Wildman–Crippen MR) is 152 cm³/mol. The van der Waals surface area contributed by atoms with E-state index in [0.717, 1.165) is 34.6 Å². The van der Waals surface area contributed by atoms with Gasteiger partial charge in [0.1, 0.15) is 12.7 Å². The number of nitrogens with zero attached hydrogens (tertiary/aromatic N) is 3. The highest BCUT2D eigenvalue weighted by molar-refractivity contribution is 7.98. The Bertz CT molecular complexity index is 1520. The fraction of sp³-hybridized carbons (Fsp3) is 0.345. The van der Waals surface area contributed by atoms with E-state index in [2.05, 4.69) is 5.32 Å². The normalized spacial score (nSPS) is 16.9. The minimum atomic E-state index is -4.75. The lowest BCUT2D eigenvalue weighted by molar-refractivity contribution is -0.173. The molecule has 0 saturated heterocycles. The number of thioether (sulfide) groups is 1. The number of hydrogen-bond donors (Lipinski definition) is 1. The maximum atomic E-state index is 14.1. The third-order valence-electron chi connectivity index (χ3n) is 7.23. The number of nitrogens with one attached hydrogen (secondary N) is 1. The number of methoxy groups -OCH3 is 1. The molecule has 0 radical (unpaired) electrons. The van der Waals surface area contributed by atoms with Gasteiger partial charge in [0.05, 0.1) is 12.6 Å². The molecule has 0 fully saturated rings. The molecule has 2 aliphatic heterocycles. The van der Waals surface area contributed by atoms with E-state index in [-0.39, 0.29) is 13.2 Å². The second-order valence-corrected chi connectivity index (χ2v) is 10.8. The zero-order valence-electron chi connectivity index (χ0n) is 23.3. The molecule has 3 aromatic rings. The number of pyridine rings is 1. The molecular weight excluding hydrogens is 589 g/mol. The van der Waals surface area contributed by atoms with Crippen LogP contribution in [-0.4, -0.2) is 67.5 Å². The van der Waals surface area contributed by atoms with Crippen LogP contribution in [0, 0.1) is 0 Å². The number of alkyl carbamates (subject to hydrolysis) is 1. The van der Waals surface area contributed by atoms with Crippen LogP contribution in [0.2, 0.25) is 0 Å². The topological polar surface area (TPSA) is 102 Å². The number of aromatic nitrogens is 1. The van der Waals surface area contributed by atoms with Crippen molar-refractivity contribution >= 4 is 23.8 Å². The van der Waals surface area contributed by atoms with E-state index in [1.807, 2.05) is 48.5 Å². The summed E-state index contributed by atoms with van der Waals surface area (Å²) in [5.74, 6) is -0.956. The summed E-state index contributed by atoms with van der Waals surface area (Å²) in [5, 5.41) is 4.03. The van der Waals surface area contributed by atoms with Crippen molar-refractivity contribution in [2.24, 2.45) is 0 Å². The summed E-state index contributed by atoms with van der Waals surface area (Å²) in [7, 11) is 1.45. The van der Waals surface area contributed by atoms with Gasteiger partial charge in [0.2, 0.25) is 18.0 Å². The molecule has 1 N–H and O–H groups in total. The summed E-state index contributed by atoms with van der Waals surface area (Å²) < 4.78 is 59.0. The maximum absolute atomic E-state index is 14.1. The molecule has 0 spiro atoms. The first-order chi connectivity index (χ1) is 20.6. The van der Waals surface area contributed by atoms with Crippen LogP contribution in [0.15, 0.2) is 70.5 Å². The van der Waals surface area contributed by atoms with Crippen molar-refractivity contribution in [3.8, 4) is 5.75 Å². The van der Waals surface area contributed by atoms with E-state index in [1.54, 1.807) is 16.8 Å². The van der Waals surface area contributed by atoms with Crippen LogP contribution >= 0.6 is 11.8 Å². The fourth-order valence-corrected chi connectivity index (χ4v) is 6.12. The monoisotopic (exact) mass is 618 g/mol. The highest BCUT2D eigenvalue weighted by Gasteiger charge is 2.47. The largest absolute Gasteiger partial charge is 0.451 e. The molecule has 228 valence electrons. The summed E-state index contributed by atoms with van der Waals surface area (Å²) in [6.45, 7) is 0.0713. The molecule has 43 heavy (non-hydrogen) atoms. The third-order valence-corrected chi connectivity index (χ3v) is 8.37. The molecule has 2 aromatic carbocycles. The van der Waals surface area contributed by atoms with Gasteiger partial charge >= 0.3 is 12.3 Å². The second kappa shape index (κ2) is 12.6. The number of halogens is 3. The Labute approximate surface area is 249 Å². The number of amides is 2. The Morgan fingerprint density at radius 1 is 1.09 bits per heavy atom. The number of alkyl halides is 3. The van der Waals surface area contributed by atoms with Gasteiger partial charge in [-0.2, -0.15) is 13.2 Å². The summed E-state index contributed by atoms with van der Waals surface area (Å²) >= 11 is 1.61. The summed E-state index contributed by atoms with van der Waals surface area (Å²) in [6, 6.07) is 13.5. The van der Waals surface area contributed by atoms with Crippen LogP contribution in [0.3, 0.4) is 0 Å². The lowest BCUT2D eigenvalue weighted by atomic mass is 9.94. The van der Waals surface area contributed by atoms with Crippen molar-refractivity contribution < 1.29 is 37.0 Å². The molecule has 0 bridgehead atoms. The molecule has 2 atom stereocenters. The number of carbonyl (C=O) groups is 2. The average Bonchev–Trinajstić information content (AvgIpc) is 3.15. The van der Waals surface area contributed by atoms with Crippen molar-refractivity contribution in [3.05, 3.63) is 93.4 Å². The number of fused-ring (bicyclic) bond motifs is 3. The first-order valence-corrected chi connectivity index (χ1v) is 14.3. The summed E-state index contributed by atoms with van der Waals surface area (Å²) in [6.07, 6.45) is -4.27. The van der Waals surface area contributed by atoms with E-state index in [9.17, 15) is 27.6 Å². The first-order valence-electron chi connectivity index (χ1n) is 13.3. The molecule has 3 heterocycles. The van der Waals surface area contributed by atoms with Crippen molar-refractivity contribution in [3.63, 3.8) is 0 Å². The number of rotatable bonds is 8. The first kappa shape index (κ1) is 30.3. The molecule has 0 aliphatic carbocycles. The van der Waals surface area contributed by atoms with Gasteiger partial charge in [-0.1, -0.05) is 42.5 Å². The minimum Gasteiger partial charge on any atom is -0.451 e. The zero-order chi connectivity index (χ0) is 30.7. The van der Waals surface area contributed by atoms with E-state index in [1.165, 1.54) is 18.0 Å². The van der Waals surface area contributed by atoms with E-state index in [4.69, 9.17) is 14.2 Å². The zero-order valence-corrected chi connectivity index (χ0v) is 24.1. The molecule has 0 unspecified atom stereocenters. The Kier molecular flexibility index (Phi) is 8.87. The number of ether oxygens (including phenoxy) is 3. The summed E-state index contributed by atoms with van der Waals surface area (Å²) in [5.41, 5.74) is 1.48. The van der Waals surface area contributed by atoms with Gasteiger partial charge < -0.3 is 24.4 Å². The van der Waals surface area contributed by atoms with Crippen molar-refractivity contribution in [1.82, 2.24) is 14.9 Å². The quantitative estimate of drug-likeness (QED) is 0.295. The maximum Gasteiger partial charge on any atom is 0.410 e. The van der Waals surface area contributed by atoms with Gasteiger partial charge in [0, 0.05) is 36.6 Å². The SMILES string of the molecule is COCCNC(=O)OCOc1c2n(ccc1=O)N([C@H]1c3ccccc3CSc3ccccc31)CN([C@@H](C)C(F)(F)F)C2=O. The Hall–Kier alpha value is -4.17. The standard InChI is InChI=1S/C29H29F3N4O6S/c1-18(29(30,31)32)34-16-36(24-20-8-4-3-7-19(20)15-43-23-10-6-5-9-21(23)24)35-13-11-22(37)26(25(35)27(34)38)41-17-42-28(39)33-12-14-40-2/h3-11,13,18,24H,12,14-17H2,1-2H3,(H,33,39)/t18-,24-/m0/s1. The minimum absolute atomic E-state index is 0.152. The van der Waals surface area contributed by atoms with Crippen molar-refractivity contribution in [1.29, 1.82) is 0 Å². The Morgan fingerprint density at radius 2 is 1.81 bits per heavy atom. The van der Waals surface area contributed by atoms with Gasteiger partial charge in [-0.25, -0.2) is 4.79 Å². The van der Waals surface area contributed by atoms with Gasteiger partial charge in [-0.15, -0.1) is 11.8 Å². The van der Waals surface area contributed by atoms with E-state index < -0.39 is 60.6 Å². The molecule has 0 saturated carbocycles. The Balaban J connectivity index is 1.62. The lowest BCUT2D eigenvalue weighted by Gasteiger charge is -2.46. The molecule has 2 aliphatic rings. The Morgan fingerprint density at radius 3 is 2.56 bits per heavy atom. The van der Waals surface area contributed by atoms with Gasteiger partial charge in [-0.05, 0) is 29.7 Å². The number of carbonyl (C=O) groups excluding carboxylic acids is 2.